The Morgan fingerprint density at radius 2 is 0.769 bits per heavy atom. The second kappa shape index (κ2) is 13.2. The zero-order valence-corrected chi connectivity index (χ0v) is 32.8. The van der Waals surface area contributed by atoms with Crippen LogP contribution in [0.15, 0.2) is 133 Å². The number of fused-ring (bicyclic) bond motifs is 3. The smallest absolute Gasteiger partial charge is 0.0671 e. The van der Waals surface area contributed by atoms with Gasteiger partial charge in [-0.3, -0.25) is 0 Å². The Kier molecular flexibility index (Phi) is 8.94. The van der Waals surface area contributed by atoms with Gasteiger partial charge in [-0.1, -0.05) is 128 Å². The molecule has 0 aliphatic heterocycles. The Hall–Kier alpha value is -5.08. The molecule has 2 nitrogen and oxygen atoms in total. The Balaban J connectivity index is 1.32. The summed E-state index contributed by atoms with van der Waals surface area (Å²) in [7, 11) is 0. The highest BCUT2D eigenvalue weighted by molar-refractivity contribution is 5.82. The molecule has 1 aliphatic rings. The Labute approximate surface area is 312 Å². The van der Waals surface area contributed by atoms with Crippen molar-refractivity contribution < 1.29 is 0 Å². The summed E-state index contributed by atoms with van der Waals surface area (Å²) >= 11 is 0. The van der Waals surface area contributed by atoms with Gasteiger partial charge in [0.25, 0.3) is 0 Å². The highest BCUT2D eigenvalue weighted by Crippen LogP contribution is 2.52. The van der Waals surface area contributed by atoms with E-state index in [1.165, 1.54) is 78.4 Å². The summed E-state index contributed by atoms with van der Waals surface area (Å²) in [6.45, 7) is 22.9. The van der Waals surface area contributed by atoms with E-state index in [1.54, 1.807) is 0 Å². The van der Waals surface area contributed by atoms with Crippen molar-refractivity contribution in [2.45, 2.75) is 92.2 Å². The quantitative estimate of drug-likeness (QED) is 0.150. The third-order valence-electron chi connectivity index (χ3n) is 11.9. The number of rotatable bonds is 9. The molecule has 0 N–H and O–H groups in total. The average Bonchev–Trinajstić information content (AvgIpc) is 3.36. The number of benzene rings is 6. The summed E-state index contributed by atoms with van der Waals surface area (Å²) < 4.78 is 0. The average molecular weight is 683 g/mol. The van der Waals surface area contributed by atoms with Crippen LogP contribution in [-0.2, 0) is 16.5 Å². The highest BCUT2D eigenvalue weighted by Gasteiger charge is 2.41. The maximum atomic E-state index is 2.55. The van der Waals surface area contributed by atoms with E-state index in [-0.39, 0.29) is 16.5 Å². The fraction of sp³-hybridized carbons (Fsp3) is 0.280. The maximum Gasteiger partial charge on any atom is 0.0671 e. The molecule has 1 aliphatic carbocycles. The van der Waals surface area contributed by atoms with E-state index < -0.39 is 0 Å². The largest absolute Gasteiger partial charge is 0.332 e. The molecule has 1 unspecified atom stereocenters. The standard InChI is InChI=1S/C50H54N2/c1-11-50(10,52(42-26-16-36(4)17-27-42)43-28-18-37(5)19-29-43)39-21-31-45-44-30-20-38(32-46(44)48(6,7)47(45)33-39)49(8,9)51(40-22-12-34(2)13-23-40)41-24-14-35(3)15-25-41/h12-33H,11H2,1-10H3. The van der Waals surface area contributed by atoms with Gasteiger partial charge in [0.2, 0.25) is 0 Å². The fourth-order valence-electron chi connectivity index (χ4n) is 8.36. The van der Waals surface area contributed by atoms with Gasteiger partial charge < -0.3 is 9.80 Å². The van der Waals surface area contributed by atoms with Crippen molar-refractivity contribution in [2.75, 3.05) is 9.80 Å². The van der Waals surface area contributed by atoms with Crippen LogP contribution in [0.25, 0.3) is 11.1 Å². The summed E-state index contributed by atoms with van der Waals surface area (Å²) in [6.07, 6.45) is 0.951. The lowest BCUT2D eigenvalue weighted by molar-refractivity contribution is 0.462. The molecule has 0 amide bonds. The first kappa shape index (κ1) is 35.3. The van der Waals surface area contributed by atoms with Crippen molar-refractivity contribution >= 4 is 22.7 Å². The monoisotopic (exact) mass is 682 g/mol. The molecule has 52 heavy (non-hydrogen) atoms. The molecule has 0 saturated carbocycles. The maximum absolute atomic E-state index is 2.55. The zero-order chi connectivity index (χ0) is 37.0. The Bertz CT molecular complexity index is 2110. The molecule has 7 rings (SSSR count). The van der Waals surface area contributed by atoms with Crippen LogP contribution in [0.2, 0.25) is 0 Å². The van der Waals surface area contributed by atoms with Crippen molar-refractivity contribution in [3.8, 4) is 11.1 Å². The molecule has 2 heteroatoms. The second-order valence-corrected chi connectivity index (χ2v) is 16.3. The number of anilines is 4. The predicted molar refractivity (Wildman–Crippen MR) is 224 cm³/mol. The third-order valence-corrected chi connectivity index (χ3v) is 11.9. The van der Waals surface area contributed by atoms with E-state index in [1.807, 2.05) is 0 Å². The van der Waals surface area contributed by atoms with Gasteiger partial charge in [0.1, 0.15) is 0 Å². The Morgan fingerprint density at radius 1 is 0.442 bits per heavy atom. The van der Waals surface area contributed by atoms with E-state index in [0.717, 1.165) is 6.42 Å². The van der Waals surface area contributed by atoms with Crippen molar-refractivity contribution in [3.05, 3.63) is 178 Å². The summed E-state index contributed by atoms with van der Waals surface area (Å²) in [5, 5.41) is 0. The van der Waals surface area contributed by atoms with E-state index in [0.29, 0.717) is 0 Å². The van der Waals surface area contributed by atoms with E-state index in [9.17, 15) is 0 Å². The molecule has 0 fully saturated rings. The fourth-order valence-corrected chi connectivity index (χ4v) is 8.36. The molecule has 264 valence electrons. The molecule has 0 heterocycles. The van der Waals surface area contributed by atoms with Crippen LogP contribution in [-0.4, -0.2) is 0 Å². The molecule has 0 spiro atoms. The minimum Gasteiger partial charge on any atom is -0.332 e. The van der Waals surface area contributed by atoms with Crippen LogP contribution in [0.3, 0.4) is 0 Å². The number of hydrogen-bond donors (Lipinski definition) is 0. The lowest BCUT2D eigenvalue weighted by atomic mass is 9.78. The first-order valence-electron chi connectivity index (χ1n) is 18.9. The topological polar surface area (TPSA) is 6.48 Å². The van der Waals surface area contributed by atoms with Crippen LogP contribution < -0.4 is 9.80 Å². The minimum atomic E-state index is -0.321. The first-order chi connectivity index (χ1) is 24.7. The van der Waals surface area contributed by atoms with Crippen LogP contribution in [0.5, 0.6) is 0 Å². The van der Waals surface area contributed by atoms with Gasteiger partial charge in [0.15, 0.2) is 0 Å². The predicted octanol–water partition coefficient (Wildman–Crippen LogP) is 13.8. The molecule has 1 atom stereocenters. The Morgan fingerprint density at radius 3 is 1.13 bits per heavy atom. The van der Waals surface area contributed by atoms with Crippen molar-refractivity contribution in [3.63, 3.8) is 0 Å². The van der Waals surface area contributed by atoms with Gasteiger partial charge in [-0.25, -0.2) is 0 Å². The highest BCUT2D eigenvalue weighted by atomic mass is 15.2. The van der Waals surface area contributed by atoms with Gasteiger partial charge in [0.05, 0.1) is 11.1 Å². The van der Waals surface area contributed by atoms with Crippen LogP contribution in [0.4, 0.5) is 22.7 Å². The van der Waals surface area contributed by atoms with Crippen molar-refractivity contribution in [1.82, 2.24) is 0 Å². The van der Waals surface area contributed by atoms with Crippen molar-refractivity contribution in [1.29, 1.82) is 0 Å². The number of aryl methyl sites for hydroxylation is 4. The van der Waals surface area contributed by atoms with Gasteiger partial charge in [-0.2, -0.15) is 0 Å². The summed E-state index contributed by atoms with van der Waals surface area (Å²) in [5.74, 6) is 0. The van der Waals surface area contributed by atoms with Crippen LogP contribution in [0, 0.1) is 27.7 Å². The van der Waals surface area contributed by atoms with Gasteiger partial charge in [0, 0.05) is 28.2 Å². The lowest BCUT2D eigenvalue weighted by Gasteiger charge is -2.44. The molecule has 6 aromatic rings. The molecule has 0 bridgehead atoms. The van der Waals surface area contributed by atoms with Gasteiger partial charge in [-0.05, 0) is 137 Å². The minimum absolute atomic E-state index is 0.168. The van der Waals surface area contributed by atoms with Crippen LogP contribution in [0.1, 0.15) is 92.5 Å². The van der Waals surface area contributed by atoms with E-state index >= 15 is 0 Å². The lowest BCUT2D eigenvalue weighted by Crippen LogP contribution is -2.40. The molecular formula is C50H54N2. The molecule has 0 radical (unpaired) electrons. The summed E-state index contributed by atoms with van der Waals surface area (Å²) in [5.41, 5.74) is 17.2. The summed E-state index contributed by atoms with van der Waals surface area (Å²) in [6, 6.07) is 50.4. The molecule has 0 aromatic heterocycles. The SMILES string of the molecule is CCC(C)(c1ccc2c(c1)C(C)(C)c1cc(C(C)(C)N(c3ccc(C)cc3)c3ccc(C)cc3)ccc1-2)N(c1ccc(C)cc1)c1ccc(C)cc1. The normalized spacial score (nSPS) is 14.3. The first-order valence-corrected chi connectivity index (χ1v) is 18.9. The van der Waals surface area contributed by atoms with E-state index in [2.05, 4.69) is 212 Å². The third kappa shape index (κ3) is 6.03. The number of hydrogen-bond acceptors (Lipinski definition) is 2. The van der Waals surface area contributed by atoms with Gasteiger partial charge >= 0.3 is 0 Å². The van der Waals surface area contributed by atoms with E-state index in [4.69, 9.17) is 0 Å². The second-order valence-electron chi connectivity index (χ2n) is 16.3. The molecular weight excluding hydrogens is 629 g/mol. The molecule has 6 aromatic carbocycles. The summed E-state index contributed by atoms with van der Waals surface area (Å²) in [4.78, 5) is 5.05. The van der Waals surface area contributed by atoms with Crippen molar-refractivity contribution in [2.24, 2.45) is 0 Å². The number of nitrogens with zero attached hydrogens (tertiary/aromatic N) is 2. The van der Waals surface area contributed by atoms with Gasteiger partial charge in [-0.15, -0.1) is 0 Å². The zero-order valence-electron chi connectivity index (χ0n) is 32.8. The molecule has 0 saturated heterocycles. The van der Waals surface area contributed by atoms with Crippen LogP contribution >= 0.6 is 0 Å².